The van der Waals surface area contributed by atoms with Crippen molar-refractivity contribution in [1.29, 1.82) is 0 Å². The van der Waals surface area contributed by atoms with Crippen LogP contribution >= 0.6 is 0 Å². The van der Waals surface area contributed by atoms with E-state index in [0.29, 0.717) is 11.3 Å². The lowest BCUT2D eigenvalue weighted by Gasteiger charge is -2.22. The predicted molar refractivity (Wildman–Crippen MR) is 89.4 cm³/mol. The second-order valence-corrected chi connectivity index (χ2v) is 5.95. The van der Waals surface area contributed by atoms with E-state index >= 15 is 0 Å². The van der Waals surface area contributed by atoms with Crippen LogP contribution in [0.5, 0.6) is 0 Å². The van der Waals surface area contributed by atoms with E-state index in [1.807, 2.05) is 20.8 Å². The number of anilines is 1. The predicted octanol–water partition coefficient (Wildman–Crippen LogP) is 1.86. The molecule has 130 valence electrons. The Morgan fingerprint density at radius 3 is 2.21 bits per heavy atom. The van der Waals surface area contributed by atoms with Crippen LogP contribution in [-0.2, 0) is 19.1 Å². The average molecular weight is 334 g/mol. The molecule has 1 amide bonds. The summed E-state index contributed by atoms with van der Waals surface area (Å²) in [6.07, 6.45) is 0.963. The van der Waals surface area contributed by atoms with Crippen LogP contribution in [0.3, 0.4) is 0 Å². The maximum Gasteiger partial charge on any atom is 0.354 e. The molecule has 1 aromatic rings. The SMILES string of the molecule is COC(=O)/C=C(/Nc1ccccc1C(=O)NC(C)(C)C)C(=O)OC. The first-order chi connectivity index (χ1) is 11.2. The summed E-state index contributed by atoms with van der Waals surface area (Å²) in [6, 6.07) is 6.62. The Balaban J connectivity index is 3.17. The molecule has 1 aromatic carbocycles. The molecule has 24 heavy (non-hydrogen) atoms. The van der Waals surface area contributed by atoms with Crippen molar-refractivity contribution in [3.63, 3.8) is 0 Å². The third kappa shape index (κ3) is 5.75. The summed E-state index contributed by atoms with van der Waals surface area (Å²) in [5.41, 5.74) is 0.129. The van der Waals surface area contributed by atoms with Crippen molar-refractivity contribution in [3.8, 4) is 0 Å². The van der Waals surface area contributed by atoms with Crippen LogP contribution in [0.1, 0.15) is 31.1 Å². The molecule has 0 atom stereocenters. The number of ether oxygens (including phenoxy) is 2. The monoisotopic (exact) mass is 334 g/mol. The number of rotatable bonds is 5. The number of benzene rings is 1. The highest BCUT2D eigenvalue weighted by molar-refractivity contribution is 6.03. The van der Waals surface area contributed by atoms with Gasteiger partial charge >= 0.3 is 11.9 Å². The van der Waals surface area contributed by atoms with E-state index in [1.165, 1.54) is 14.2 Å². The fourth-order valence-electron chi connectivity index (χ4n) is 1.78. The maximum absolute atomic E-state index is 12.4. The summed E-state index contributed by atoms with van der Waals surface area (Å²) in [5, 5.41) is 5.59. The minimum absolute atomic E-state index is 0.139. The molecule has 2 N–H and O–H groups in total. The van der Waals surface area contributed by atoms with Gasteiger partial charge in [0, 0.05) is 5.54 Å². The van der Waals surface area contributed by atoms with Crippen molar-refractivity contribution in [3.05, 3.63) is 41.6 Å². The molecule has 0 bridgehead atoms. The van der Waals surface area contributed by atoms with Gasteiger partial charge in [-0.1, -0.05) is 12.1 Å². The Kier molecular flexibility index (Phi) is 6.52. The van der Waals surface area contributed by atoms with Crippen molar-refractivity contribution in [2.45, 2.75) is 26.3 Å². The molecule has 0 saturated heterocycles. The first-order valence-electron chi connectivity index (χ1n) is 7.24. The summed E-state index contributed by atoms with van der Waals surface area (Å²) in [7, 11) is 2.38. The number of para-hydroxylation sites is 1. The van der Waals surface area contributed by atoms with Crippen molar-refractivity contribution in [2.24, 2.45) is 0 Å². The lowest BCUT2D eigenvalue weighted by atomic mass is 10.1. The topological polar surface area (TPSA) is 93.7 Å². The molecule has 1 rings (SSSR count). The van der Waals surface area contributed by atoms with Gasteiger partial charge in [0.15, 0.2) is 0 Å². The smallest absolute Gasteiger partial charge is 0.354 e. The fraction of sp³-hybridized carbons (Fsp3) is 0.353. The molecule has 0 radical (unpaired) electrons. The molecule has 0 aliphatic heterocycles. The number of methoxy groups -OCH3 is 2. The zero-order valence-electron chi connectivity index (χ0n) is 14.4. The van der Waals surface area contributed by atoms with E-state index < -0.39 is 17.5 Å². The summed E-state index contributed by atoms with van der Waals surface area (Å²) in [6.45, 7) is 5.58. The molecule has 0 saturated carbocycles. The van der Waals surface area contributed by atoms with E-state index in [9.17, 15) is 14.4 Å². The molecule has 0 aliphatic carbocycles. The molecular formula is C17H22N2O5. The second-order valence-electron chi connectivity index (χ2n) is 5.95. The highest BCUT2D eigenvalue weighted by atomic mass is 16.5. The molecule has 0 spiro atoms. The van der Waals surface area contributed by atoms with Crippen LogP contribution in [0, 0.1) is 0 Å². The van der Waals surface area contributed by atoms with E-state index in [0.717, 1.165) is 6.08 Å². The Labute approximate surface area is 141 Å². The highest BCUT2D eigenvalue weighted by Gasteiger charge is 2.20. The lowest BCUT2D eigenvalue weighted by Crippen LogP contribution is -2.40. The number of esters is 2. The van der Waals surface area contributed by atoms with Crippen molar-refractivity contribution in [1.82, 2.24) is 5.32 Å². The van der Waals surface area contributed by atoms with Crippen LogP contribution in [-0.4, -0.2) is 37.6 Å². The summed E-state index contributed by atoms with van der Waals surface area (Å²) in [5.74, 6) is -1.79. The lowest BCUT2D eigenvalue weighted by molar-refractivity contribution is -0.138. The van der Waals surface area contributed by atoms with Gasteiger partial charge in [0.05, 0.1) is 31.5 Å². The summed E-state index contributed by atoms with van der Waals surface area (Å²) in [4.78, 5) is 35.6. The number of carbonyl (C=O) groups excluding carboxylic acids is 3. The standard InChI is InChI=1S/C17H22N2O5/c1-17(2,3)19-15(21)11-8-6-7-9-12(11)18-13(16(22)24-5)10-14(20)23-4/h6-10,18H,1-5H3,(H,19,21)/b13-10+. The number of amides is 1. The molecule has 0 heterocycles. The highest BCUT2D eigenvalue weighted by Crippen LogP contribution is 2.18. The third-order valence-corrected chi connectivity index (χ3v) is 2.80. The number of nitrogens with one attached hydrogen (secondary N) is 2. The van der Waals surface area contributed by atoms with Gasteiger partial charge in [-0.3, -0.25) is 4.79 Å². The quantitative estimate of drug-likeness (QED) is 0.630. The van der Waals surface area contributed by atoms with Gasteiger partial charge < -0.3 is 20.1 Å². The van der Waals surface area contributed by atoms with Crippen molar-refractivity contribution >= 4 is 23.5 Å². The molecule has 0 fully saturated rings. The first-order valence-corrected chi connectivity index (χ1v) is 7.24. The summed E-state index contributed by atoms with van der Waals surface area (Å²) >= 11 is 0. The third-order valence-electron chi connectivity index (χ3n) is 2.80. The first kappa shape index (κ1) is 19.2. The minimum atomic E-state index is -0.758. The van der Waals surface area contributed by atoms with Crippen LogP contribution in [0.15, 0.2) is 36.0 Å². The molecule has 7 nitrogen and oxygen atoms in total. The Hall–Kier alpha value is -2.83. The van der Waals surface area contributed by atoms with Gasteiger partial charge in [0.2, 0.25) is 0 Å². The van der Waals surface area contributed by atoms with E-state index in [-0.39, 0.29) is 11.6 Å². The minimum Gasteiger partial charge on any atom is -0.466 e. The van der Waals surface area contributed by atoms with E-state index in [2.05, 4.69) is 20.1 Å². The largest absolute Gasteiger partial charge is 0.466 e. The van der Waals surface area contributed by atoms with Gasteiger partial charge in [-0.15, -0.1) is 0 Å². The Bertz CT molecular complexity index is 659. The normalized spacial score (nSPS) is 11.5. The van der Waals surface area contributed by atoms with Gasteiger partial charge in [0.25, 0.3) is 5.91 Å². The van der Waals surface area contributed by atoms with Crippen LogP contribution < -0.4 is 10.6 Å². The molecule has 7 heteroatoms. The second kappa shape index (κ2) is 8.14. The Morgan fingerprint density at radius 2 is 1.67 bits per heavy atom. The number of carbonyl (C=O) groups is 3. The molecule has 0 aromatic heterocycles. The van der Waals surface area contributed by atoms with Gasteiger partial charge in [-0.25, -0.2) is 9.59 Å². The number of hydrogen-bond acceptors (Lipinski definition) is 6. The zero-order chi connectivity index (χ0) is 18.3. The fourth-order valence-corrected chi connectivity index (χ4v) is 1.78. The van der Waals surface area contributed by atoms with Crippen LogP contribution in [0.4, 0.5) is 5.69 Å². The van der Waals surface area contributed by atoms with Crippen molar-refractivity contribution in [2.75, 3.05) is 19.5 Å². The van der Waals surface area contributed by atoms with E-state index in [4.69, 9.17) is 0 Å². The molecule has 0 unspecified atom stereocenters. The molecular weight excluding hydrogens is 312 g/mol. The van der Waals surface area contributed by atoms with Crippen molar-refractivity contribution < 1.29 is 23.9 Å². The maximum atomic E-state index is 12.4. The average Bonchev–Trinajstić information content (AvgIpc) is 2.52. The van der Waals surface area contributed by atoms with Crippen LogP contribution in [0.25, 0.3) is 0 Å². The van der Waals surface area contributed by atoms with Gasteiger partial charge in [-0.05, 0) is 32.9 Å². The number of hydrogen-bond donors (Lipinski definition) is 2. The molecule has 0 aliphatic rings. The van der Waals surface area contributed by atoms with E-state index in [1.54, 1.807) is 24.3 Å². The zero-order valence-corrected chi connectivity index (χ0v) is 14.4. The summed E-state index contributed by atoms with van der Waals surface area (Å²) < 4.78 is 9.15. The Morgan fingerprint density at radius 1 is 1.04 bits per heavy atom. The van der Waals surface area contributed by atoms with Gasteiger partial charge in [-0.2, -0.15) is 0 Å². The van der Waals surface area contributed by atoms with Crippen LogP contribution in [0.2, 0.25) is 0 Å². The van der Waals surface area contributed by atoms with Gasteiger partial charge in [0.1, 0.15) is 5.70 Å².